The molecule has 0 atom stereocenters. The third-order valence-corrected chi connectivity index (χ3v) is 0. The summed E-state index contributed by atoms with van der Waals surface area (Å²) in [7, 11) is 0. The number of hydrogen-bond acceptors (Lipinski definition) is 0. The van der Waals surface area contributed by atoms with Crippen LogP contribution >= 0.6 is 17.0 Å². The number of hydrogen-bond donors (Lipinski definition) is 0. The van der Waals surface area contributed by atoms with Crippen molar-refractivity contribution in [1.29, 1.82) is 0 Å². The van der Waals surface area contributed by atoms with E-state index in [-0.39, 0.29) is 38.7 Å². The average Bonchev–Trinajstić information content (AvgIpc) is 1.81. The summed E-state index contributed by atoms with van der Waals surface area (Å²) in [6.07, 6.45) is 0. The van der Waals surface area contributed by atoms with Crippen molar-refractivity contribution in [2.75, 3.05) is 0 Å². The van der Waals surface area contributed by atoms with E-state index in [1.165, 1.54) is 0 Å². The maximum atomic E-state index is 3.25. The van der Waals surface area contributed by atoms with Gasteiger partial charge in [-0.25, -0.2) is 0 Å². The van der Waals surface area contributed by atoms with E-state index in [2.05, 4.69) is 20.8 Å². The molecule has 0 nitrogen and oxygen atoms in total. The largest absolute Gasteiger partial charge is 3.00 e. The molecule has 0 aliphatic rings. The Hall–Kier alpha value is 1.19. The van der Waals surface area contributed by atoms with Crippen LogP contribution in [0, 0.1) is 20.8 Å². The summed E-state index contributed by atoms with van der Waals surface area (Å²) in [5.74, 6) is 0. The Morgan fingerprint density at radius 2 is 0.625 bits per heavy atom. The minimum atomic E-state index is 0. The summed E-state index contributed by atoms with van der Waals surface area (Å²) in [6.45, 7) is 15.0. The molecule has 0 bridgehead atoms. The first kappa shape index (κ1) is 35.1. The van der Waals surface area contributed by atoms with Crippen LogP contribution in [0.15, 0.2) is 0 Å². The molecular weight excluding hydrogens is 200 g/mol. The third kappa shape index (κ3) is 194. The summed E-state index contributed by atoms with van der Waals surface area (Å²) < 4.78 is 0. The molecule has 0 saturated carbocycles. The summed E-state index contributed by atoms with van der Waals surface area (Å²) in [5.41, 5.74) is 0. The predicted octanol–water partition coefficient (Wildman–Crippen LogP) is 3.10. The molecule has 0 aliphatic heterocycles. The molecule has 1 radical (unpaired) electrons. The fraction of sp³-hybridized carbons (Fsp3) is 0.500. The maximum Gasteiger partial charge on any atom is 3.00 e. The molecule has 0 aromatic carbocycles. The quantitative estimate of drug-likeness (QED) is 0.431. The van der Waals surface area contributed by atoms with E-state index < -0.39 is 0 Å². The van der Waals surface area contributed by atoms with Gasteiger partial charge in [-0.2, -0.15) is 20.8 Å². The van der Waals surface area contributed by atoms with Crippen LogP contribution in [0.1, 0.15) is 20.8 Å². The normalized spacial score (nSPS) is 2.25. The molecule has 0 amide bonds. The first-order valence-electron chi connectivity index (χ1n) is 2.12. The Balaban J connectivity index is -0.00000000500. The Labute approximate surface area is 80.1 Å². The van der Waals surface area contributed by atoms with Crippen LogP contribution in [-0.4, -0.2) is 0 Å². The number of rotatable bonds is 0. The van der Waals surface area contributed by atoms with Gasteiger partial charge in [-0.1, -0.05) is 0 Å². The summed E-state index contributed by atoms with van der Waals surface area (Å²) in [6, 6.07) is 0. The van der Waals surface area contributed by atoms with Crippen molar-refractivity contribution in [3.05, 3.63) is 20.8 Å². The van der Waals surface area contributed by atoms with Crippen molar-refractivity contribution in [2.45, 2.75) is 20.8 Å². The Morgan fingerprint density at radius 1 is 0.625 bits per heavy atom. The molecule has 8 heavy (non-hydrogen) atoms. The van der Waals surface area contributed by atoms with Crippen LogP contribution in [0.5, 0.6) is 0 Å². The summed E-state index contributed by atoms with van der Waals surface area (Å²) in [5, 5.41) is 0. The average molecular weight is 216 g/mol. The topological polar surface area (TPSA) is 0 Å². The van der Waals surface area contributed by atoms with Gasteiger partial charge in [-0.3, -0.25) is 0 Å². The van der Waals surface area contributed by atoms with Gasteiger partial charge in [0.1, 0.15) is 0 Å². The molecule has 0 unspecified atom stereocenters. The van der Waals surface area contributed by atoms with Crippen LogP contribution in [0.25, 0.3) is 0 Å². The van der Waals surface area contributed by atoms with E-state index in [0.29, 0.717) is 0 Å². The van der Waals surface area contributed by atoms with Crippen molar-refractivity contribution in [1.82, 2.24) is 0 Å². The first-order chi connectivity index (χ1) is 3.00. The smallest absolute Gasteiger partial charge is 0.346 e. The van der Waals surface area contributed by atoms with Gasteiger partial charge in [0.25, 0.3) is 0 Å². The van der Waals surface area contributed by atoms with Crippen LogP contribution in [0.2, 0.25) is 0 Å². The molecule has 0 heterocycles. The SMILES string of the molecule is Br.[CH2-]C.[CH2-]C.[CH2-]C.[Ti+3]. The molecule has 51 valence electrons. The second kappa shape index (κ2) is 297. The van der Waals surface area contributed by atoms with Crippen LogP contribution in [0.3, 0.4) is 0 Å². The van der Waals surface area contributed by atoms with Gasteiger partial charge < -0.3 is 20.8 Å². The van der Waals surface area contributed by atoms with Gasteiger partial charge in [-0.05, 0) is 0 Å². The zero-order valence-electron chi connectivity index (χ0n) is 6.03. The molecule has 2 heteroatoms. The standard InChI is InChI=1S/3C2H5.BrH.Ti/c3*1-2;;/h3*1H2,2H3;1H;/q3*-1;;+3. The fourth-order valence-corrected chi connectivity index (χ4v) is 0. The third-order valence-electron chi connectivity index (χ3n) is 0. The molecule has 0 fully saturated rings. The zero-order valence-corrected chi connectivity index (χ0v) is 9.30. The minimum Gasteiger partial charge on any atom is -0.346 e. The van der Waals surface area contributed by atoms with E-state index in [4.69, 9.17) is 0 Å². The van der Waals surface area contributed by atoms with E-state index in [1.807, 2.05) is 0 Å². The van der Waals surface area contributed by atoms with E-state index in [9.17, 15) is 0 Å². The molecule has 0 spiro atoms. The van der Waals surface area contributed by atoms with Crippen LogP contribution in [0.4, 0.5) is 0 Å². The van der Waals surface area contributed by atoms with Crippen molar-refractivity contribution in [2.24, 2.45) is 0 Å². The van der Waals surface area contributed by atoms with Crippen LogP contribution < -0.4 is 0 Å². The van der Waals surface area contributed by atoms with E-state index in [0.717, 1.165) is 0 Å². The summed E-state index contributed by atoms with van der Waals surface area (Å²) >= 11 is 0. The zero-order chi connectivity index (χ0) is 6.00. The molecule has 0 aromatic rings. The molecule has 0 aliphatic carbocycles. The minimum absolute atomic E-state index is 0. The fourth-order valence-electron chi connectivity index (χ4n) is 0. The molecule has 0 saturated heterocycles. The monoisotopic (exact) mass is 215 g/mol. The maximum absolute atomic E-state index is 3.25. The Morgan fingerprint density at radius 3 is 0.625 bits per heavy atom. The second-order valence-electron chi connectivity index (χ2n) is 0. The first-order valence-corrected chi connectivity index (χ1v) is 2.12. The second-order valence-corrected chi connectivity index (χ2v) is 0. The Bertz CT molecular complexity index is 8.49. The molecule has 0 rings (SSSR count). The molecule has 0 aromatic heterocycles. The molecule has 0 N–H and O–H groups in total. The Kier molecular flexibility index (Phi) is 1300. The van der Waals surface area contributed by atoms with Gasteiger partial charge in [0.2, 0.25) is 0 Å². The predicted molar refractivity (Wildman–Crippen MR) is 43.4 cm³/mol. The number of halogens is 1. The van der Waals surface area contributed by atoms with Gasteiger partial charge in [0.05, 0.1) is 0 Å². The van der Waals surface area contributed by atoms with Crippen molar-refractivity contribution in [3.63, 3.8) is 0 Å². The van der Waals surface area contributed by atoms with Gasteiger partial charge in [-0.15, -0.1) is 17.0 Å². The summed E-state index contributed by atoms with van der Waals surface area (Å²) in [4.78, 5) is 0. The van der Waals surface area contributed by atoms with Gasteiger partial charge >= 0.3 is 21.7 Å². The van der Waals surface area contributed by atoms with Gasteiger partial charge in [0.15, 0.2) is 0 Å². The van der Waals surface area contributed by atoms with E-state index >= 15 is 0 Å². The van der Waals surface area contributed by atoms with Crippen molar-refractivity contribution in [3.8, 4) is 0 Å². The van der Waals surface area contributed by atoms with Crippen molar-refractivity contribution >= 4 is 17.0 Å². The van der Waals surface area contributed by atoms with Crippen molar-refractivity contribution < 1.29 is 21.7 Å². The van der Waals surface area contributed by atoms with E-state index in [1.54, 1.807) is 20.8 Å². The van der Waals surface area contributed by atoms with Gasteiger partial charge in [0, 0.05) is 0 Å². The molecular formula is C6H16BrTi. The van der Waals surface area contributed by atoms with Crippen LogP contribution in [-0.2, 0) is 21.7 Å².